The summed E-state index contributed by atoms with van der Waals surface area (Å²) < 4.78 is 27.2. The van der Waals surface area contributed by atoms with Gasteiger partial charge < -0.3 is 4.90 Å². The van der Waals surface area contributed by atoms with Gasteiger partial charge in [-0.3, -0.25) is 4.98 Å². The fourth-order valence-electron chi connectivity index (χ4n) is 2.72. The third kappa shape index (κ3) is 4.76. The fourth-order valence-corrected chi connectivity index (χ4v) is 3.88. The monoisotopic (exact) mass is 311 g/mol. The summed E-state index contributed by atoms with van der Waals surface area (Å²) >= 11 is 0. The second-order valence-corrected chi connectivity index (χ2v) is 7.60. The molecule has 2 heterocycles. The maximum absolute atomic E-state index is 12.2. The highest BCUT2D eigenvalue weighted by molar-refractivity contribution is 7.89. The Morgan fingerprint density at radius 2 is 2.05 bits per heavy atom. The smallest absolute Gasteiger partial charge is 0.242 e. The third-order valence-corrected chi connectivity index (χ3v) is 5.36. The van der Waals surface area contributed by atoms with Gasteiger partial charge in [-0.25, -0.2) is 13.1 Å². The molecule has 0 atom stereocenters. The molecular weight excluding hydrogens is 286 g/mol. The molecule has 1 saturated heterocycles. The number of piperidine rings is 1. The van der Waals surface area contributed by atoms with E-state index in [-0.39, 0.29) is 4.90 Å². The Balaban J connectivity index is 1.86. The van der Waals surface area contributed by atoms with Gasteiger partial charge in [0.1, 0.15) is 4.90 Å². The van der Waals surface area contributed by atoms with E-state index in [2.05, 4.69) is 21.5 Å². The Hall–Kier alpha value is -0.980. The summed E-state index contributed by atoms with van der Waals surface area (Å²) in [6.07, 6.45) is 6.36. The SMILES string of the molecule is CCCN1CCC(CNS(=O)(=O)c2cncc(C)c2)CC1. The van der Waals surface area contributed by atoms with E-state index in [0.29, 0.717) is 12.5 Å². The molecule has 6 heteroatoms. The number of aryl methyl sites for hydroxylation is 1. The van der Waals surface area contributed by atoms with Gasteiger partial charge in [0, 0.05) is 18.9 Å². The van der Waals surface area contributed by atoms with Crippen LogP contribution in [0.25, 0.3) is 0 Å². The van der Waals surface area contributed by atoms with Crippen LogP contribution in [0.1, 0.15) is 31.7 Å². The van der Waals surface area contributed by atoms with E-state index in [1.165, 1.54) is 12.6 Å². The average molecular weight is 311 g/mol. The molecule has 0 aliphatic carbocycles. The van der Waals surface area contributed by atoms with Crippen LogP contribution in [0.5, 0.6) is 0 Å². The standard InChI is InChI=1S/C15H25N3O2S/c1-3-6-18-7-4-14(5-8-18)11-17-21(19,20)15-9-13(2)10-16-12-15/h9-10,12,14,17H,3-8,11H2,1-2H3. The van der Waals surface area contributed by atoms with Gasteiger partial charge in [0.25, 0.3) is 0 Å². The predicted octanol–water partition coefficient (Wildman–Crippen LogP) is 1.79. The number of hydrogen-bond acceptors (Lipinski definition) is 4. The summed E-state index contributed by atoms with van der Waals surface area (Å²) in [5.41, 5.74) is 0.853. The summed E-state index contributed by atoms with van der Waals surface area (Å²) in [4.78, 5) is 6.66. The Kier molecular flexibility index (Phi) is 5.72. The van der Waals surface area contributed by atoms with Crippen LogP contribution >= 0.6 is 0 Å². The number of aromatic nitrogens is 1. The van der Waals surface area contributed by atoms with Crippen LogP contribution < -0.4 is 4.72 Å². The summed E-state index contributed by atoms with van der Waals surface area (Å²) in [6, 6.07) is 1.65. The lowest BCUT2D eigenvalue weighted by Crippen LogP contribution is -2.38. The van der Waals surface area contributed by atoms with Crippen LogP contribution in [0.3, 0.4) is 0 Å². The zero-order valence-electron chi connectivity index (χ0n) is 12.9. The van der Waals surface area contributed by atoms with Gasteiger partial charge in [0.05, 0.1) is 0 Å². The molecule has 0 radical (unpaired) electrons. The van der Waals surface area contributed by atoms with Crippen molar-refractivity contribution in [1.82, 2.24) is 14.6 Å². The molecule has 0 saturated carbocycles. The van der Waals surface area contributed by atoms with Crippen LogP contribution in [0.15, 0.2) is 23.4 Å². The first-order chi connectivity index (χ1) is 10.0. The molecule has 1 aliphatic rings. The lowest BCUT2D eigenvalue weighted by atomic mass is 9.97. The van der Waals surface area contributed by atoms with E-state index < -0.39 is 10.0 Å². The van der Waals surface area contributed by atoms with E-state index in [9.17, 15) is 8.42 Å². The zero-order chi connectivity index (χ0) is 15.3. The summed E-state index contributed by atoms with van der Waals surface area (Å²) in [5, 5.41) is 0. The van der Waals surface area contributed by atoms with Crippen LogP contribution in [-0.2, 0) is 10.0 Å². The van der Waals surface area contributed by atoms with Crippen LogP contribution in [0, 0.1) is 12.8 Å². The minimum Gasteiger partial charge on any atom is -0.303 e. The van der Waals surface area contributed by atoms with Crippen LogP contribution in [0.4, 0.5) is 0 Å². The lowest BCUT2D eigenvalue weighted by molar-refractivity contribution is 0.186. The quantitative estimate of drug-likeness (QED) is 0.870. The maximum Gasteiger partial charge on any atom is 0.242 e. The topological polar surface area (TPSA) is 62.3 Å². The molecule has 1 fully saturated rings. The third-order valence-electron chi connectivity index (χ3n) is 3.97. The highest BCUT2D eigenvalue weighted by atomic mass is 32.2. The van der Waals surface area contributed by atoms with Crippen molar-refractivity contribution >= 4 is 10.0 Å². The molecule has 118 valence electrons. The van der Waals surface area contributed by atoms with Crippen LogP contribution in [0.2, 0.25) is 0 Å². The summed E-state index contributed by atoms with van der Waals surface area (Å²) in [7, 11) is -3.43. The van der Waals surface area contributed by atoms with Crippen molar-refractivity contribution in [3.63, 3.8) is 0 Å². The number of sulfonamides is 1. The first kappa shape index (κ1) is 16.4. The minimum absolute atomic E-state index is 0.255. The van der Waals surface area contributed by atoms with Gasteiger partial charge in [0.15, 0.2) is 0 Å². The second kappa shape index (κ2) is 7.33. The highest BCUT2D eigenvalue weighted by Crippen LogP contribution is 2.17. The number of pyridine rings is 1. The second-order valence-electron chi connectivity index (χ2n) is 5.83. The molecule has 0 amide bonds. The summed E-state index contributed by atoms with van der Waals surface area (Å²) in [6.45, 7) is 7.85. The molecule has 1 aromatic heterocycles. The Bertz CT molecular complexity index is 552. The predicted molar refractivity (Wildman–Crippen MR) is 83.6 cm³/mol. The molecule has 0 unspecified atom stereocenters. The molecule has 0 aromatic carbocycles. The summed E-state index contributed by atoms with van der Waals surface area (Å²) in [5.74, 6) is 0.436. The lowest BCUT2D eigenvalue weighted by Gasteiger charge is -2.31. The number of nitrogens with zero attached hydrogens (tertiary/aromatic N) is 2. The first-order valence-corrected chi connectivity index (χ1v) is 9.13. The van der Waals surface area contributed by atoms with Gasteiger partial charge >= 0.3 is 0 Å². The molecular formula is C15H25N3O2S. The Morgan fingerprint density at radius 3 is 2.67 bits per heavy atom. The Labute approximate surface area is 127 Å². The van der Waals surface area contributed by atoms with Gasteiger partial charge in [-0.2, -0.15) is 0 Å². The largest absolute Gasteiger partial charge is 0.303 e. The van der Waals surface area contributed by atoms with Crippen molar-refractivity contribution in [1.29, 1.82) is 0 Å². The van der Waals surface area contributed by atoms with Crippen molar-refractivity contribution < 1.29 is 8.42 Å². The van der Waals surface area contributed by atoms with Gasteiger partial charge in [-0.1, -0.05) is 6.92 Å². The minimum atomic E-state index is -3.43. The van der Waals surface area contributed by atoms with Crippen molar-refractivity contribution in [2.75, 3.05) is 26.2 Å². The molecule has 1 N–H and O–H groups in total. The van der Waals surface area contributed by atoms with E-state index in [1.54, 1.807) is 12.3 Å². The van der Waals surface area contributed by atoms with Gasteiger partial charge in [0.2, 0.25) is 10.0 Å². The van der Waals surface area contributed by atoms with E-state index in [1.807, 2.05) is 6.92 Å². The van der Waals surface area contributed by atoms with Crippen molar-refractivity contribution in [3.8, 4) is 0 Å². The number of rotatable bonds is 6. The van der Waals surface area contributed by atoms with Gasteiger partial charge in [-0.15, -0.1) is 0 Å². The molecule has 1 aromatic rings. The van der Waals surface area contributed by atoms with Crippen molar-refractivity contribution in [3.05, 3.63) is 24.0 Å². The Morgan fingerprint density at radius 1 is 1.33 bits per heavy atom. The normalized spacial score (nSPS) is 18.0. The van der Waals surface area contributed by atoms with E-state index in [0.717, 1.165) is 38.0 Å². The first-order valence-electron chi connectivity index (χ1n) is 7.65. The van der Waals surface area contributed by atoms with Crippen LogP contribution in [-0.4, -0.2) is 44.5 Å². The number of likely N-dealkylation sites (tertiary alicyclic amines) is 1. The van der Waals surface area contributed by atoms with E-state index >= 15 is 0 Å². The fraction of sp³-hybridized carbons (Fsp3) is 0.667. The number of nitrogens with one attached hydrogen (secondary N) is 1. The molecule has 2 rings (SSSR count). The molecule has 1 aliphatic heterocycles. The number of hydrogen-bond donors (Lipinski definition) is 1. The zero-order valence-corrected chi connectivity index (χ0v) is 13.7. The molecule has 5 nitrogen and oxygen atoms in total. The van der Waals surface area contributed by atoms with Crippen molar-refractivity contribution in [2.45, 2.75) is 38.0 Å². The maximum atomic E-state index is 12.2. The molecule has 0 bridgehead atoms. The highest BCUT2D eigenvalue weighted by Gasteiger charge is 2.21. The molecule has 0 spiro atoms. The average Bonchev–Trinajstić information content (AvgIpc) is 2.47. The van der Waals surface area contributed by atoms with Gasteiger partial charge in [-0.05, 0) is 63.4 Å². The van der Waals surface area contributed by atoms with Crippen molar-refractivity contribution in [2.24, 2.45) is 5.92 Å². The molecule has 21 heavy (non-hydrogen) atoms. The van der Waals surface area contributed by atoms with E-state index in [4.69, 9.17) is 0 Å².